The molecule has 2 unspecified atom stereocenters. The summed E-state index contributed by atoms with van der Waals surface area (Å²) in [5, 5.41) is 0. The van der Waals surface area contributed by atoms with Crippen LogP contribution in [0.3, 0.4) is 0 Å². The lowest BCUT2D eigenvalue weighted by Crippen LogP contribution is -2.55. The SMILES string of the molecule is COC1CCCCC1N1CCN(C(=O)c2ccccc2)CC1. The van der Waals surface area contributed by atoms with E-state index < -0.39 is 0 Å². The van der Waals surface area contributed by atoms with Crippen molar-refractivity contribution in [3.05, 3.63) is 35.9 Å². The molecule has 1 saturated carbocycles. The van der Waals surface area contributed by atoms with E-state index in [2.05, 4.69) is 4.90 Å². The van der Waals surface area contributed by atoms with Crippen molar-refractivity contribution in [1.29, 1.82) is 0 Å². The van der Waals surface area contributed by atoms with Gasteiger partial charge in [0.2, 0.25) is 0 Å². The van der Waals surface area contributed by atoms with Crippen molar-refractivity contribution in [1.82, 2.24) is 9.80 Å². The Bertz CT molecular complexity index is 483. The van der Waals surface area contributed by atoms with E-state index in [1.54, 1.807) is 0 Å². The highest BCUT2D eigenvalue weighted by atomic mass is 16.5. The van der Waals surface area contributed by atoms with Crippen molar-refractivity contribution in [2.75, 3.05) is 33.3 Å². The Balaban J connectivity index is 1.57. The lowest BCUT2D eigenvalue weighted by atomic mass is 9.90. The van der Waals surface area contributed by atoms with Gasteiger partial charge in [0.15, 0.2) is 0 Å². The predicted octanol–water partition coefficient (Wildman–Crippen LogP) is 2.40. The minimum Gasteiger partial charge on any atom is -0.380 e. The quantitative estimate of drug-likeness (QED) is 0.859. The third kappa shape index (κ3) is 3.33. The summed E-state index contributed by atoms with van der Waals surface area (Å²) >= 11 is 0. The van der Waals surface area contributed by atoms with Crippen molar-refractivity contribution in [2.45, 2.75) is 37.8 Å². The molecule has 1 aromatic carbocycles. The minimum absolute atomic E-state index is 0.159. The molecule has 1 aromatic rings. The Morgan fingerprint density at radius 1 is 1.05 bits per heavy atom. The van der Waals surface area contributed by atoms with Crippen LogP contribution in [0, 0.1) is 0 Å². The van der Waals surface area contributed by atoms with Crippen LogP contribution in [0.4, 0.5) is 0 Å². The predicted molar refractivity (Wildman–Crippen MR) is 87.0 cm³/mol. The molecule has 1 aliphatic heterocycles. The number of carbonyl (C=O) groups is 1. The number of amides is 1. The number of carbonyl (C=O) groups excluding carboxylic acids is 1. The van der Waals surface area contributed by atoms with Crippen molar-refractivity contribution in [3.8, 4) is 0 Å². The average Bonchev–Trinajstić information content (AvgIpc) is 2.62. The highest BCUT2D eigenvalue weighted by Crippen LogP contribution is 2.26. The molecule has 1 amide bonds. The maximum absolute atomic E-state index is 12.5. The number of hydrogen-bond donors (Lipinski definition) is 0. The maximum atomic E-state index is 12.5. The minimum atomic E-state index is 0.159. The van der Waals surface area contributed by atoms with E-state index >= 15 is 0 Å². The molecule has 4 nitrogen and oxygen atoms in total. The lowest BCUT2D eigenvalue weighted by molar-refractivity contribution is -0.0249. The third-order valence-electron chi connectivity index (χ3n) is 5.06. The zero-order chi connectivity index (χ0) is 15.4. The number of nitrogens with zero attached hydrogens (tertiary/aromatic N) is 2. The number of rotatable bonds is 3. The maximum Gasteiger partial charge on any atom is 0.253 e. The standard InChI is InChI=1S/C18H26N2O2/c1-22-17-10-6-5-9-16(17)19-11-13-20(14-12-19)18(21)15-7-3-2-4-8-15/h2-4,7-8,16-17H,5-6,9-14H2,1H3. The van der Waals surface area contributed by atoms with Crippen LogP contribution >= 0.6 is 0 Å². The first-order chi connectivity index (χ1) is 10.8. The van der Waals surface area contributed by atoms with Gasteiger partial charge < -0.3 is 9.64 Å². The van der Waals surface area contributed by atoms with Gasteiger partial charge in [0.25, 0.3) is 5.91 Å². The van der Waals surface area contributed by atoms with Crippen LogP contribution < -0.4 is 0 Å². The Morgan fingerprint density at radius 2 is 1.73 bits per heavy atom. The fraction of sp³-hybridized carbons (Fsp3) is 0.611. The normalized spacial score (nSPS) is 26.9. The first kappa shape index (κ1) is 15.5. The molecule has 1 aliphatic carbocycles. The van der Waals surface area contributed by atoms with E-state index in [0.29, 0.717) is 12.1 Å². The van der Waals surface area contributed by atoms with Gasteiger partial charge in [-0.05, 0) is 25.0 Å². The lowest BCUT2D eigenvalue weighted by Gasteiger charge is -2.43. The van der Waals surface area contributed by atoms with Crippen LogP contribution in [-0.2, 0) is 4.74 Å². The van der Waals surface area contributed by atoms with E-state index in [4.69, 9.17) is 4.74 Å². The summed E-state index contributed by atoms with van der Waals surface area (Å²) in [6.07, 6.45) is 5.34. The number of benzene rings is 1. The fourth-order valence-electron chi connectivity index (χ4n) is 3.79. The molecule has 2 atom stereocenters. The largest absolute Gasteiger partial charge is 0.380 e. The van der Waals surface area contributed by atoms with E-state index in [0.717, 1.165) is 31.7 Å². The molecule has 0 aromatic heterocycles. The average molecular weight is 302 g/mol. The Kier molecular flexibility index (Phi) is 5.11. The first-order valence-electron chi connectivity index (χ1n) is 8.41. The van der Waals surface area contributed by atoms with Gasteiger partial charge in [-0.1, -0.05) is 31.0 Å². The second kappa shape index (κ2) is 7.25. The van der Waals surface area contributed by atoms with Gasteiger partial charge in [-0.3, -0.25) is 9.69 Å². The summed E-state index contributed by atoms with van der Waals surface area (Å²) in [5.41, 5.74) is 0.795. The topological polar surface area (TPSA) is 32.8 Å². The molecule has 22 heavy (non-hydrogen) atoms. The summed E-state index contributed by atoms with van der Waals surface area (Å²) < 4.78 is 5.68. The molecule has 0 bridgehead atoms. The van der Waals surface area contributed by atoms with E-state index in [-0.39, 0.29) is 5.91 Å². The van der Waals surface area contributed by atoms with Crippen LogP contribution in [0.1, 0.15) is 36.0 Å². The van der Waals surface area contributed by atoms with E-state index in [1.165, 1.54) is 25.7 Å². The molecule has 0 radical (unpaired) electrons. The van der Waals surface area contributed by atoms with Gasteiger partial charge in [-0.15, -0.1) is 0 Å². The highest BCUT2D eigenvalue weighted by Gasteiger charge is 2.33. The molecule has 3 rings (SSSR count). The van der Waals surface area contributed by atoms with Crippen LogP contribution in [-0.4, -0.2) is 61.1 Å². The summed E-state index contributed by atoms with van der Waals surface area (Å²) in [6.45, 7) is 3.56. The summed E-state index contributed by atoms with van der Waals surface area (Å²) in [5.74, 6) is 0.159. The smallest absolute Gasteiger partial charge is 0.253 e. The van der Waals surface area contributed by atoms with E-state index in [9.17, 15) is 4.79 Å². The van der Waals surface area contributed by atoms with Crippen molar-refractivity contribution < 1.29 is 9.53 Å². The van der Waals surface area contributed by atoms with Gasteiger partial charge in [0.1, 0.15) is 0 Å². The molecular formula is C18H26N2O2. The van der Waals surface area contributed by atoms with Crippen LogP contribution in [0.15, 0.2) is 30.3 Å². The summed E-state index contributed by atoms with van der Waals surface area (Å²) in [4.78, 5) is 17.0. The van der Waals surface area contributed by atoms with Gasteiger partial charge in [0, 0.05) is 44.9 Å². The van der Waals surface area contributed by atoms with Crippen molar-refractivity contribution >= 4 is 5.91 Å². The number of methoxy groups -OCH3 is 1. The zero-order valence-corrected chi connectivity index (χ0v) is 13.4. The molecule has 1 saturated heterocycles. The summed E-state index contributed by atoms with van der Waals surface area (Å²) in [7, 11) is 1.83. The van der Waals surface area contributed by atoms with E-state index in [1.807, 2.05) is 42.3 Å². The van der Waals surface area contributed by atoms with Gasteiger partial charge in [-0.2, -0.15) is 0 Å². The van der Waals surface area contributed by atoms with Gasteiger partial charge >= 0.3 is 0 Å². The fourth-order valence-corrected chi connectivity index (χ4v) is 3.79. The molecule has 4 heteroatoms. The molecular weight excluding hydrogens is 276 g/mol. The third-order valence-corrected chi connectivity index (χ3v) is 5.06. The molecule has 0 spiro atoms. The van der Waals surface area contributed by atoms with Gasteiger partial charge in [0.05, 0.1) is 6.10 Å². The van der Waals surface area contributed by atoms with Crippen LogP contribution in [0.2, 0.25) is 0 Å². The second-order valence-corrected chi connectivity index (χ2v) is 6.32. The highest BCUT2D eigenvalue weighted by molar-refractivity contribution is 5.94. The number of ether oxygens (including phenoxy) is 1. The molecule has 120 valence electrons. The Labute approximate surface area is 133 Å². The number of piperazine rings is 1. The first-order valence-corrected chi connectivity index (χ1v) is 8.41. The molecule has 1 heterocycles. The Hall–Kier alpha value is -1.39. The van der Waals surface area contributed by atoms with Crippen molar-refractivity contribution in [3.63, 3.8) is 0 Å². The molecule has 2 fully saturated rings. The zero-order valence-electron chi connectivity index (χ0n) is 13.4. The van der Waals surface area contributed by atoms with Crippen molar-refractivity contribution in [2.24, 2.45) is 0 Å². The number of hydrogen-bond acceptors (Lipinski definition) is 3. The van der Waals surface area contributed by atoms with Crippen LogP contribution in [0.5, 0.6) is 0 Å². The second-order valence-electron chi connectivity index (χ2n) is 6.32. The van der Waals surface area contributed by atoms with Crippen LogP contribution in [0.25, 0.3) is 0 Å². The summed E-state index contributed by atoms with van der Waals surface area (Å²) in [6, 6.07) is 10.1. The molecule has 0 N–H and O–H groups in total. The Morgan fingerprint density at radius 3 is 2.41 bits per heavy atom. The monoisotopic (exact) mass is 302 g/mol. The molecule has 2 aliphatic rings. The van der Waals surface area contributed by atoms with Gasteiger partial charge in [-0.25, -0.2) is 0 Å².